The molecule has 0 saturated heterocycles. The SMILES string of the molecule is O=c1[nH]c(-c2cc(Cl)c(F)c(C(F)(F)F)c2)nc2ccccc12. The Hall–Kier alpha value is -2.41. The second-order valence-electron chi connectivity index (χ2n) is 4.75. The van der Waals surface area contributed by atoms with Crippen molar-refractivity contribution >= 4 is 22.5 Å². The highest BCUT2D eigenvalue weighted by Crippen LogP contribution is 2.36. The number of rotatable bonds is 1. The molecule has 0 bridgehead atoms. The van der Waals surface area contributed by atoms with Gasteiger partial charge in [0.25, 0.3) is 5.56 Å². The van der Waals surface area contributed by atoms with Crippen molar-refractivity contribution in [1.29, 1.82) is 0 Å². The van der Waals surface area contributed by atoms with Crippen molar-refractivity contribution in [3.8, 4) is 11.4 Å². The van der Waals surface area contributed by atoms with Crippen molar-refractivity contribution in [3.63, 3.8) is 0 Å². The second-order valence-corrected chi connectivity index (χ2v) is 5.16. The Morgan fingerprint density at radius 1 is 1.13 bits per heavy atom. The number of para-hydroxylation sites is 1. The lowest BCUT2D eigenvalue weighted by atomic mass is 10.1. The molecule has 118 valence electrons. The summed E-state index contributed by atoms with van der Waals surface area (Å²) in [4.78, 5) is 18.5. The third-order valence-corrected chi connectivity index (χ3v) is 3.49. The summed E-state index contributed by atoms with van der Waals surface area (Å²) in [6.45, 7) is 0. The number of nitrogens with one attached hydrogen (secondary N) is 1. The van der Waals surface area contributed by atoms with Gasteiger partial charge < -0.3 is 4.98 Å². The zero-order valence-electron chi connectivity index (χ0n) is 11.2. The van der Waals surface area contributed by atoms with Crippen LogP contribution in [0, 0.1) is 5.82 Å². The summed E-state index contributed by atoms with van der Waals surface area (Å²) in [6.07, 6.45) is -4.92. The Balaban J connectivity index is 2.27. The van der Waals surface area contributed by atoms with Gasteiger partial charge >= 0.3 is 6.18 Å². The van der Waals surface area contributed by atoms with Crippen LogP contribution >= 0.6 is 11.6 Å². The van der Waals surface area contributed by atoms with Crippen molar-refractivity contribution in [3.05, 3.63) is 63.2 Å². The van der Waals surface area contributed by atoms with Gasteiger partial charge in [-0.1, -0.05) is 23.7 Å². The van der Waals surface area contributed by atoms with Crippen LogP contribution in [0.5, 0.6) is 0 Å². The van der Waals surface area contributed by atoms with E-state index in [4.69, 9.17) is 11.6 Å². The first-order valence-electron chi connectivity index (χ1n) is 6.33. The minimum atomic E-state index is -4.92. The average Bonchev–Trinajstić information content (AvgIpc) is 2.48. The molecule has 0 atom stereocenters. The fourth-order valence-corrected chi connectivity index (χ4v) is 2.37. The first-order chi connectivity index (χ1) is 10.8. The molecule has 0 aliphatic heterocycles. The van der Waals surface area contributed by atoms with E-state index in [9.17, 15) is 22.4 Å². The molecular weight excluding hydrogens is 336 g/mol. The molecule has 23 heavy (non-hydrogen) atoms. The summed E-state index contributed by atoms with van der Waals surface area (Å²) in [5, 5.41) is -0.411. The van der Waals surface area contributed by atoms with Gasteiger partial charge in [-0.2, -0.15) is 13.2 Å². The molecule has 2 aromatic carbocycles. The molecule has 0 unspecified atom stereocenters. The number of benzene rings is 2. The molecule has 0 aliphatic rings. The summed E-state index contributed by atoms with van der Waals surface area (Å²) in [6, 6.07) is 7.90. The van der Waals surface area contributed by atoms with Crippen LogP contribution in [0.3, 0.4) is 0 Å². The van der Waals surface area contributed by atoms with Gasteiger partial charge in [0.2, 0.25) is 0 Å². The summed E-state index contributed by atoms with van der Waals surface area (Å²) in [7, 11) is 0. The van der Waals surface area contributed by atoms with E-state index in [1.165, 1.54) is 6.07 Å². The molecule has 8 heteroatoms. The molecule has 0 aliphatic carbocycles. The molecule has 1 aromatic heterocycles. The van der Waals surface area contributed by atoms with Crippen molar-refractivity contribution in [2.45, 2.75) is 6.18 Å². The minimum Gasteiger partial charge on any atom is -0.306 e. The third kappa shape index (κ3) is 2.79. The van der Waals surface area contributed by atoms with E-state index >= 15 is 0 Å². The topological polar surface area (TPSA) is 45.8 Å². The number of halogens is 5. The summed E-state index contributed by atoms with van der Waals surface area (Å²) in [5.74, 6) is -1.69. The Kier molecular flexibility index (Phi) is 3.60. The standard InChI is InChI=1S/C15H7ClF4N2O/c16-10-6-7(5-9(12(10)17)15(18,19)20)13-21-11-4-2-1-3-8(11)14(23)22-13/h1-6H,(H,21,22,23). The number of hydrogen-bond acceptors (Lipinski definition) is 2. The molecule has 3 aromatic rings. The smallest absolute Gasteiger partial charge is 0.306 e. The molecule has 0 radical (unpaired) electrons. The van der Waals surface area contributed by atoms with Crippen LogP contribution in [0.25, 0.3) is 22.3 Å². The van der Waals surface area contributed by atoms with E-state index in [2.05, 4.69) is 9.97 Å². The fourth-order valence-electron chi connectivity index (χ4n) is 2.16. The van der Waals surface area contributed by atoms with Gasteiger partial charge in [0, 0.05) is 5.56 Å². The van der Waals surface area contributed by atoms with Gasteiger partial charge in [-0.25, -0.2) is 9.37 Å². The number of fused-ring (bicyclic) bond motifs is 1. The third-order valence-electron chi connectivity index (χ3n) is 3.22. The van der Waals surface area contributed by atoms with Crippen LogP contribution in [0.4, 0.5) is 17.6 Å². The lowest BCUT2D eigenvalue weighted by molar-refractivity contribution is -0.139. The molecule has 3 rings (SSSR count). The Morgan fingerprint density at radius 2 is 1.83 bits per heavy atom. The van der Waals surface area contributed by atoms with Gasteiger partial charge in [0.1, 0.15) is 5.82 Å². The van der Waals surface area contributed by atoms with Crippen LogP contribution in [0.1, 0.15) is 5.56 Å². The minimum absolute atomic E-state index is 0.124. The van der Waals surface area contributed by atoms with Gasteiger partial charge in [0.15, 0.2) is 5.82 Å². The molecule has 0 amide bonds. The van der Waals surface area contributed by atoms with Crippen molar-refractivity contribution in [1.82, 2.24) is 9.97 Å². The predicted octanol–water partition coefficient (Wildman–Crippen LogP) is 4.40. The molecule has 0 spiro atoms. The maximum Gasteiger partial charge on any atom is 0.419 e. The molecular formula is C15H7ClF4N2O. The number of aromatic amines is 1. The van der Waals surface area contributed by atoms with Gasteiger partial charge in [-0.3, -0.25) is 4.79 Å². The zero-order valence-corrected chi connectivity index (χ0v) is 12.0. The lowest BCUT2D eigenvalue weighted by Crippen LogP contribution is -2.11. The predicted molar refractivity (Wildman–Crippen MR) is 77.8 cm³/mol. The number of H-pyrrole nitrogens is 1. The monoisotopic (exact) mass is 342 g/mol. The molecule has 0 saturated carbocycles. The van der Waals surface area contributed by atoms with Gasteiger partial charge in [0.05, 0.1) is 21.5 Å². The van der Waals surface area contributed by atoms with Gasteiger partial charge in [-0.05, 0) is 24.3 Å². The van der Waals surface area contributed by atoms with E-state index < -0.39 is 28.1 Å². The highest BCUT2D eigenvalue weighted by molar-refractivity contribution is 6.31. The summed E-state index contributed by atoms with van der Waals surface area (Å²) < 4.78 is 52.2. The van der Waals surface area contributed by atoms with E-state index in [0.29, 0.717) is 17.0 Å². The molecule has 3 nitrogen and oxygen atoms in total. The highest BCUT2D eigenvalue weighted by Gasteiger charge is 2.35. The summed E-state index contributed by atoms with van der Waals surface area (Å²) >= 11 is 5.54. The second kappa shape index (κ2) is 5.34. The van der Waals surface area contributed by atoms with Crippen LogP contribution in [-0.4, -0.2) is 9.97 Å². The van der Waals surface area contributed by atoms with E-state index in [-0.39, 0.29) is 11.4 Å². The average molecular weight is 343 g/mol. The largest absolute Gasteiger partial charge is 0.419 e. The lowest BCUT2D eigenvalue weighted by Gasteiger charge is -2.11. The fraction of sp³-hybridized carbons (Fsp3) is 0.0667. The number of nitrogens with zero attached hydrogens (tertiary/aromatic N) is 1. The van der Waals surface area contributed by atoms with Crippen LogP contribution < -0.4 is 5.56 Å². The van der Waals surface area contributed by atoms with E-state index in [0.717, 1.165) is 6.07 Å². The van der Waals surface area contributed by atoms with Crippen molar-refractivity contribution < 1.29 is 17.6 Å². The Bertz CT molecular complexity index is 966. The van der Waals surface area contributed by atoms with Crippen LogP contribution in [0.2, 0.25) is 5.02 Å². The van der Waals surface area contributed by atoms with Crippen molar-refractivity contribution in [2.75, 3.05) is 0 Å². The quantitative estimate of drug-likeness (QED) is 0.666. The normalized spacial score (nSPS) is 11.9. The van der Waals surface area contributed by atoms with Crippen LogP contribution in [0.15, 0.2) is 41.2 Å². The van der Waals surface area contributed by atoms with E-state index in [1.807, 2.05) is 0 Å². The maximum absolute atomic E-state index is 13.6. The molecule has 0 fully saturated rings. The molecule has 1 N–H and O–H groups in total. The number of aromatic nitrogens is 2. The summed E-state index contributed by atoms with van der Waals surface area (Å²) in [5.41, 5.74) is -1.86. The number of hydrogen-bond donors (Lipinski definition) is 1. The Morgan fingerprint density at radius 3 is 2.52 bits per heavy atom. The van der Waals surface area contributed by atoms with Crippen LogP contribution in [-0.2, 0) is 6.18 Å². The molecule has 1 heterocycles. The van der Waals surface area contributed by atoms with Crippen molar-refractivity contribution in [2.24, 2.45) is 0 Å². The first-order valence-corrected chi connectivity index (χ1v) is 6.71. The zero-order chi connectivity index (χ0) is 16.8. The van der Waals surface area contributed by atoms with E-state index in [1.54, 1.807) is 18.2 Å². The van der Waals surface area contributed by atoms with Gasteiger partial charge in [-0.15, -0.1) is 0 Å². The number of alkyl halides is 3. The highest BCUT2D eigenvalue weighted by atomic mass is 35.5. The first kappa shape index (κ1) is 15.5. The Labute approximate surface area is 131 Å². The maximum atomic E-state index is 13.6.